The molecule has 1 aromatic carbocycles. The minimum atomic E-state index is -0.328. The van der Waals surface area contributed by atoms with Crippen molar-refractivity contribution in [1.29, 1.82) is 0 Å². The van der Waals surface area contributed by atoms with Gasteiger partial charge in [-0.3, -0.25) is 0 Å². The molecule has 18 heavy (non-hydrogen) atoms. The highest BCUT2D eigenvalue weighted by atomic mass is 16.5. The van der Waals surface area contributed by atoms with Gasteiger partial charge in [0.1, 0.15) is 0 Å². The molecule has 0 aliphatic heterocycles. The number of nitrogens with one attached hydrogen (secondary N) is 1. The lowest BCUT2D eigenvalue weighted by Gasteiger charge is -2.23. The maximum absolute atomic E-state index is 11.7. The normalized spacial score (nSPS) is 11.1. The second-order valence-corrected chi connectivity index (χ2v) is 5.31. The smallest absolute Gasteiger partial charge is 0.338 e. The molecule has 0 fully saturated rings. The molecule has 0 spiro atoms. The Balaban J connectivity index is 2.82. The maximum atomic E-state index is 11.7. The fourth-order valence-corrected chi connectivity index (χ4v) is 1.49. The predicted molar refractivity (Wildman–Crippen MR) is 74.8 cm³/mol. The van der Waals surface area contributed by atoms with E-state index in [9.17, 15) is 4.79 Å². The molecule has 0 aromatic heterocycles. The number of esters is 1. The van der Waals surface area contributed by atoms with Crippen molar-refractivity contribution in [1.82, 2.24) is 0 Å². The van der Waals surface area contributed by atoms with Gasteiger partial charge in [0.15, 0.2) is 0 Å². The zero-order valence-electron chi connectivity index (χ0n) is 11.5. The van der Waals surface area contributed by atoms with Gasteiger partial charge in [0.25, 0.3) is 0 Å². The Kier molecular flexibility index (Phi) is 4.59. The van der Waals surface area contributed by atoms with Gasteiger partial charge in [-0.2, -0.15) is 0 Å². The zero-order chi connectivity index (χ0) is 13.8. The summed E-state index contributed by atoms with van der Waals surface area (Å²) >= 11 is 0. The van der Waals surface area contributed by atoms with Crippen molar-refractivity contribution < 1.29 is 9.53 Å². The molecule has 0 radical (unpaired) electrons. The fraction of sp³-hybridized carbons (Fsp3) is 0.500. The van der Waals surface area contributed by atoms with Crippen LogP contribution < -0.4 is 11.1 Å². The molecule has 0 saturated carbocycles. The van der Waals surface area contributed by atoms with Crippen LogP contribution in [0.15, 0.2) is 18.2 Å². The molecule has 0 saturated heterocycles. The Morgan fingerprint density at radius 2 is 2.06 bits per heavy atom. The van der Waals surface area contributed by atoms with Crippen LogP contribution in [0.1, 0.15) is 44.5 Å². The second kappa shape index (κ2) is 5.76. The summed E-state index contributed by atoms with van der Waals surface area (Å²) in [5, 5.41) is 3.28. The van der Waals surface area contributed by atoms with Gasteiger partial charge >= 0.3 is 5.97 Å². The van der Waals surface area contributed by atoms with E-state index >= 15 is 0 Å². The molecule has 3 N–H and O–H groups in total. The van der Waals surface area contributed by atoms with Gasteiger partial charge in [-0.05, 0) is 45.4 Å². The summed E-state index contributed by atoms with van der Waals surface area (Å²) in [6, 6.07) is 5.18. The lowest BCUT2D eigenvalue weighted by molar-refractivity contribution is 0.0505. The number of carbonyl (C=O) groups is 1. The number of nitrogens with two attached hydrogens (primary N) is 1. The molecule has 0 aliphatic carbocycles. The van der Waals surface area contributed by atoms with Crippen LogP contribution in [0.5, 0.6) is 0 Å². The summed E-state index contributed by atoms with van der Waals surface area (Å²) in [6.07, 6.45) is 0.810. The Morgan fingerprint density at radius 1 is 1.39 bits per heavy atom. The summed E-state index contributed by atoms with van der Waals surface area (Å²) in [4.78, 5) is 11.7. The Morgan fingerprint density at radius 3 is 2.56 bits per heavy atom. The highest BCUT2D eigenvalue weighted by Gasteiger charge is 2.13. The van der Waals surface area contributed by atoms with Gasteiger partial charge in [-0.15, -0.1) is 0 Å². The van der Waals surface area contributed by atoms with Gasteiger partial charge in [0.2, 0.25) is 0 Å². The van der Waals surface area contributed by atoms with Crippen LogP contribution in [0.4, 0.5) is 11.4 Å². The third kappa shape index (κ3) is 4.28. The predicted octanol–water partition coefficient (Wildman–Crippen LogP) is 3.05. The molecule has 0 aliphatic rings. The summed E-state index contributed by atoms with van der Waals surface area (Å²) in [5.74, 6) is -0.328. The summed E-state index contributed by atoms with van der Waals surface area (Å²) in [6.45, 7) is 8.54. The topological polar surface area (TPSA) is 64.3 Å². The number of benzene rings is 1. The van der Waals surface area contributed by atoms with E-state index in [-0.39, 0.29) is 11.5 Å². The molecule has 0 amide bonds. The van der Waals surface area contributed by atoms with Crippen molar-refractivity contribution in [3.8, 4) is 0 Å². The molecule has 0 atom stereocenters. The van der Waals surface area contributed by atoms with Crippen LogP contribution in [-0.4, -0.2) is 18.1 Å². The Bertz CT molecular complexity index is 422. The highest BCUT2D eigenvalue weighted by molar-refractivity contribution is 5.92. The highest BCUT2D eigenvalue weighted by Crippen LogP contribution is 2.23. The van der Waals surface area contributed by atoms with Crippen LogP contribution in [0.25, 0.3) is 0 Å². The fourth-order valence-electron chi connectivity index (χ4n) is 1.49. The number of nitrogen functional groups attached to an aromatic ring is 1. The monoisotopic (exact) mass is 250 g/mol. The molecular formula is C14H22N2O2. The third-order valence-corrected chi connectivity index (χ3v) is 2.23. The number of hydrogen-bond donors (Lipinski definition) is 2. The average Bonchev–Trinajstić information content (AvgIpc) is 2.27. The lowest BCUT2D eigenvalue weighted by Crippen LogP contribution is -2.26. The van der Waals surface area contributed by atoms with Crippen LogP contribution in [0.2, 0.25) is 0 Å². The van der Waals surface area contributed by atoms with Crippen LogP contribution in [0.3, 0.4) is 0 Å². The van der Waals surface area contributed by atoms with Crippen LogP contribution >= 0.6 is 0 Å². The minimum Gasteiger partial charge on any atom is -0.462 e. The number of rotatable bonds is 4. The number of hydrogen-bond acceptors (Lipinski definition) is 4. The van der Waals surface area contributed by atoms with Crippen molar-refractivity contribution in [3.63, 3.8) is 0 Å². The van der Waals surface area contributed by atoms with Gasteiger partial charge in [0, 0.05) is 5.54 Å². The molecule has 4 heteroatoms. The van der Waals surface area contributed by atoms with E-state index in [0.29, 0.717) is 17.9 Å². The Labute approximate surface area is 109 Å². The van der Waals surface area contributed by atoms with Crippen molar-refractivity contribution >= 4 is 17.3 Å². The van der Waals surface area contributed by atoms with Gasteiger partial charge in [-0.25, -0.2) is 4.79 Å². The van der Waals surface area contributed by atoms with Crippen LogP contribution in [-0.2, 0) is 4.74 Å². The van der Waals surface area contributed by atoms with Crippen molar-refractivity contribution in [2.24, 2.45) is 0 Å². The van der Waals surface area contributed by atoms with E-state index in [1.165, 1.54) is 0 Å². The van der Waals surface area contributed by atoms with E-state index in [4.69, 9.17) is 10.5 Å². The number of anilines is 2. The van der Waals surface area contributed by atoms with Gasteiger partial charge < -0.3 is 15.8 Å². The zero-order valence-corrected chi connectivity index (χ0v) is 11.5. The molecule has 0 heterocycles. The molecule has 0 unspecified atom stereocenters. The van der Waals surface area contributed by atoms with Crippen molar-refractivity contribution in [3.05, 3.63) is 23.8 Å². The van der Waals surface area contributed by atoms with E-state index in [2.05, 4.69) is 26.1 Å². The molecule has 4 nitrogen and oxygen atoms in total. The standard InChI is InChI=1S/C14H22N2O2/c1-5-8-18-13(17)10-6-7-12(11(15)9-10)16-14(2,3)4/h6-7,9,16H,5,8,15H2,1-4H3. The van der Waals surface area contributed by atoms with Gasteiger partial charge in [-0.1, -0.05) is 6.92 Å². The number of ether oxygens (including phenoxy) is 1. The maximum Gasteiger partial charge on any atom is 0.338 e. The third-order valence-electron chi connectivity index (χ3n) is 2.23. The minimum absolute atomic E-state index is 0.0711. The first kappa shape index (κ1) is 14.4. The summed E-state index contributed by atoms with van der Waals surface area (Å²) < 4.78 is 5.06. The van der Waals surface area contributed by atoms with E-state index in [1.807, 2.05) is 13.0 Å². The molecule has 1 aromatic rings. The summed E-state index contributed by atoms with van der Waals surface area (Å²) in [5.41, 5.74) is 7.72. The largest absolute Gasteiger partial charge is 0.462 e. The molecule has 1 rings (SSSR count). The van der Waals surface area contributed by atoms with E-state index in [0.717, 1.165) is 12.1 Å². The lowest BCUT2D eigenvalue weighted by atomic mass is 10.1. The molecular weight excluding hydrogens is 228 g/mol. The number of carbonyl (C=O) groups excluding carboxylic acids is 1. The SMILES string of the molecule is CCCOC(=O)c1ccc(NC(C)(C)C)c(N)c1. The van der Waals surface area contributed by atoms with Gasteiger partial charge in [0.05, 0.1) is 23.5 Å². The van der Waals surface area contributed by atoms with E-state index < -0.39 is 0 Å². The Hall–Kier alpha value is -1.71. The quantitative estimate of drug-likeness (QED) is 0.636. The van der Waals surface area contributed by atoms with E-state index in [1.54, 1.807) is 12.1 Å². The van der Waals surface area contributed by atoms with Crippen molar-refractivity contribution in [2.45, 2.75) is 39.7 Å². The molecule has 100 valence electrons. The first-order valence-electron chi connectivity index (χ1n) is 6.18. The second-order valence-electron chi connectivity index (χ2n) is 5.31. The average molecular weight is 250 g/mol. The van der Waals surface area contributed by atoms with Crippen molar-refractivity contribution in [2.75, 3.05) is 17.7 Å². The molecule has 0 bridgehead atoms. The van der Waals surface area contributed by atoms with Crippen LogP contribution in [0, 0.1) is 0 Å². The first-order chi connectivity index (χ1) is 8.33. The first-order valence-corrected chi connectivity index (χ1v) is 6.18. The summed E-state index contributed by atoms with van der Waals surface area (Å²) in [7, 11) is 0.